The number of amides is 1. The van der Waals surface area contributed by atoms with Gasteiger partial charge in [-0.05, 0) is 18.4 Å². The molecule has 1 aromatic rings. The van der Waals surface area contributed by atoms with E-state index in [-0.39, 0.29) is 6.42 Å². The van der Waals surface area contributed by atoms with E-state index in [0.717, 1.165) is 19.3 Å². The molecule has 0 radical (unpaired) electrons. The van der Waals surface area contributed by atoms with Crippen molar-refractivity contribution in [2.45, 2.75) is 38.2 Å². The van der Waals surface area contributed by atoms with E-state index in [2.05, 4.69) is 5.32 Å². The fraction of sp³-hybridized carbons (Fsp3) is 0.467. The lowest BCUT2D eigenvalue weighted by Crippen LogP contribution is -2.30. The largest absolute Gasteiger partial charge is 0.481 e. The van der Waals surface area contributed by atoms with E-state index >= 15 is 0 Å². The molecule has 5 nitrogen and oxygen atoms in total. The van der Waals surface area contributed by atoms with Gasteiger partial charge in [0.15, 0.2) is 6.10 Å². The Bertz CT molecular complexity index is 419. The minimum absolute atomic E-state index is 0.194. The molecule has 0 heterocycles. The number of nitrogens with one attached hydrogen (secondary N) is 1. The highest BCUT2D eigenvalue weighted by Crippen LogP contribution is 2.11. The zero-order chi connectivity index (χ0) is 14.8. The third-order valence-electron chi connectivity index (χ3n) is 2.98. The second kappa shape index (κ2) is 9.09. The fourth-order valence-corrected chi connectivity index (χ4v) is 1.85. The van der Waals surface area contributed by atoms with Crippen LogP contribution in [0.5, 0.6) is 0 Å². The summed E-state index contributed by atoms with van der Waals surface area (Å²) in [5.74, 6) is -1.17. The SMILES string of the molecule is O=C(O)CCCCCCNC(=O)C(O)c1ccccc1. The van der Waals surface area contributed by atoms with Gasteiger partial charge in [-0.3, -0.25) is 9.59 Å². The molecule has 0 bridgehead atoms. The molecule has 1 aromatic carbocycles. The Balaban J connectivity index is 2.13. The van der Waals surface area contributed by atoms with E-state index in [1.807, 2.05) is 6.07 Å². The van der Waals surface area contributed by atoms with Crippen molar-refractivity contribution < 1.29 is 19.8 Å². The minimum Gasteiger partial charge on any atom is -0.481 e. The summed E-state index contributed by atoms with van der Waals surface area (Å²) in [6, 6.07) is 8.78. The van der Waals surface area contributed by atoms with Crippen molar-refractivity contribution >= 4 is 11.9 Å². The molecular weight excluding hydrogens is 258 g/mol. The third kappa shape index (κ3) is 6.33. The zero-order valence-corrected chi connectivity index (χ0v) is 11.4. The molecule has 0 aliphatic rings. The molecule has 0 fully saturated rings. The number of carbonyl (C=O) groups excluding carboxylic acids is 1. The van der Waals surface area contributed by atoms with Gasteiger partial charge in [0.2, 0.25) is 0 Å². The van der Waals surface area contributed by atoms with Gasteiger partial charge in [0.1, 0.15) is 0 Å². The summed E-state index contributed by atoms with van der Waals surface area (Å²) in [5, 5.41) is 21.0. The summed E-state index contributed by atoms with van der Waals surface area (Å²) >= 11 is 0. The van der Waals surface area contributed by atoms with Crippen molar-refractivity contribution in [1.29, 1.82) is 0 Å². The van der Waals surface area contributed by atoms with E-state index in [1.165, 1.54) is 0 Å². The van der Waals surface area contributed by atoms with Gasteiger partial charge in [-0.25, -0.2) is 0 Å². The number of carbonyl (C=O) groups is 2. The van der Waals surface area contributed by atoms with Crippen LogP contribution in [0.4, 0.5) is 0 Å². The van der Waals surface area contributed by atoms with Crippen LogP contribution in [-0.4, -0.2) is 28.6 Å². The number of unbranched alkanes of at least 4 members (excludes halogenated alkanes) is 3. The lowest BCUT2D eigenvalue weighted by atomic mass is 10.1. The van der Waals surface area contributed by atoms with Gasteiger partial charge in [-0.2, -0.15) is 0 Å². The third-order valence-corrected chi connectivity index (χ3v) is 2.98. The maximum atomic E-state index is 11.7. The Morgan fingerprint density at radius 3 is 2.35 bits per heavy atom. The summed E-state index contributed by atoms with van der Waals surface area (Å²) < 4.78 is 0. The number of benzene rings is 1. The quantitative estimate of drug-likeness (QED) is 0.602. The average Bonchev–Trinajstić information content (AvgIpc) is 2.45. The van der Waals surface area contributed by atoms with E-state index in [9.17, 15) is 14.7 Å². The van der Waals surface area contributed by atoms with Crippen LogP contribution in [0.15, 0.2) is 30.3 Å². The van der Waals surface area contributed by atoms with Gasteiger partial charge in [0.25, 0.3) is 5.91 Å². The standard InChI is InChI=1S/C15H21NO4/c17-13(18)10-6-1-2-7-11-16-15(20)14(19)12-8-4-3-5-9-12/h3-5,8-9,14,19H,1-2,6-7,10-11H2,(H,16,20)(H,17,18). The normalized spacial score (nSPS) is 11.8. The Hall–Kier alpha value is -1.88. The molecule has 1 amide bonds. The van der Waals surface area contributed by atoms with Crippen molar-refractivity contribution in [3.8, 4) is 0 Å². The predicted molar refractivity (Wildman–Crippen MR) is 75.1 cm³/mol. The highest BCUT2D eigenvalue weighted by molar-refractivity contribution is 5.81. The van der Waals surface area contributed by atoms with Crippen LogP contribution >= 0.6 is 0 Å². The molecule has 0 aromatic heterocycles. The number of hydrogen-bond donors (Lipinski definition) is 3. The maximum Gasteiger partial charge on any atom is 0.303 e. The minimum atomic E-state index is -1.14. The number of carboxylic acid groups (broad SMARTS) is 1. The lowest BCUT2D eigenvalue weighted by Gasteiger charge is -2.11. The first-order valence-electron chi connectivity index (χ1n) is 6.84. The first kappa shape index (κ1) is 16.2. The number of aliphatic carboxylic acids is 1. The molecule has 1 atom stereocenters. The second-order valence-corrected chi connectivity index (χ2v) is 4.66. The van der Waals surface area contributed by atoms with Gasteiger partial charge < -0.3 is 15.5 Å². The van der Waals surface area contributed by atoms with E-state index in [4.69, 9.17) is 5.11 Å². The molecule has 0 saturated heterocycles. The maximum absolute atomic E-state index is 11.7. The Morgan fingerprint density at radius 2 is 1.70 bits per heavy atom. The molecule has 0 aliphatic heterocycles. The summed E-state index contributed by atoms with van der Waals surface area (Å²) in [6.45, 7) is 0.496. The number of carboxylic acids is 1. The summed E-state index contributed by atoms with van der Waals surface area (Å²) in [6.07, 6.45) is 2.21. The van der Waals surface area contributed by atoms with E-state index in [0.29, 0.717) is 18.5 Å². The van der Waals surface area contributed by atoms with Crippen molar-refractivity contribution in [2.75, 3.05) is 6.54 Å². The van der Waals surface area contributed by atoms with Crippen LogP contribution in [0, 0.1) is 0 Å². The summed E-state index contributed by atoms with van der Waals surface area (Å²) in [5.41, 5.74) is 0.575. The Labute approximate surface area is 118 Å². The monoisotopic (exact) mass is 279 g/mol. The van der Waals surface area contributed by atoms with Crippen molar-refractivity contribution in [3.63, 3.8) is 0 Å². The summed E-state index contributed by atoms with van der Waals surface area (Å²) in [4.78, 5) is 22.0. The van der Waals surface area contributed by atoms with Gasteiger partial charge in [0, 0.05) is 13.0 Å². The van der Waals surface area contributed by atoms with E-state index in [1.54, 1.807) is 24.3 Å². The average molecular weight is 279 g/mol. The van der Waals surface area contributed by atoms with Crippen molar-refractivity contribution in [1.82, 2.24) is 5.32 Å². The zero-order valence-electron chi connectivity index (χ0n) is 11.4. The number of rotatable bonds is 9. The fourth-order valence-electron chi connectivity index (χ4n) is 1.85. The molecule has 1 unspecified atom stereocenters. The van der Waals surface area contributed by atoms with Crippen molar-refractivity contribution in [2.24, 2.45) is 0 Å². The highest BCUT2D eigenvalue weighted by atomic mass is 16.4. The van der Waals surface area contributed by atoms with Crippen LogP contribution in [0.25, 0.3) is 0 Å². The van der Waals surface area contributed by atoms with Crippen LogP contribution in [0.2, 0.25) is 0 Å². The predicted octanol–water partition coefficient (Wildman–Crippen LogP) is 1.87. The first-order chi connectivity index (χ1) is 9.61. The van der Waals surface area contributed by atoms with Crippen LogP contribution in [-0.2, 0) is 9.59 Å². The number of aliphatic hydroxyl groups is 1. The molecular formula is C15H21NO4. The van der Waals surface area contributed by atoms with Gasteiger partial charge >= 0.3 is 5.97 Å². The highest BCUT2D eigenvalue weighted by Gasteiger charge is 2.15. The number of hydrogen-bond acceptors (Lipinski definition) is 3. The van der Waals surface area contributed by atoms with Crippen LogP contribution in [0.1, 0.15) is 43.8 Å². The van der Waals surface area contributed by atoms with Crippen molar-refractivity contribution in [3.05, 3.63) is 35.9 Å². The van der Waals surface area contributed by atoms with Crippen LogP contribution < -0.4 is 5.32 Å². The van der Waals surface area contributed by atoms with Crippen LogP contribution in [0.3, 0.4) is 0 Å². The molecule has 0 spiro atoms. The Kier molecular flexibility index (Phi) is 7.35. The van der Waals surface area contributed by atoms with Gasteiger partial charge in [-0.15, -0.1) is 0 Å². The van der Waals surface area contributed by atoms with Gasteiger partial charge in [-0.1, -0.05) is 43.2 Å². The number of aliphatic hydroxyl groups excluding tert-OH is 1. The molecule has 0 saturated carbocycles. The molecule has 110 valence electrons. The van der Waals surface area contributed by atoms with Gasteiger partial charge in [0.05, 0.1) is 0 Å². The second-order valence-electron chi connectivity index (χ2n) is 4.66. The molecule has 1 rings (SSSR count). The Morgan fingerprint density at radius 1 is 1.05 bits per heavy atom. The molecule has 20 heavy (non-hydrogen) atoms. The molecule has 0 aliphatic carbocycles. The molecule has 5 heteroatoms. The smallest absolute Gasteiger partial charge is 0.303 e. The van der Waals surface area contributed by atoms with E-state index < -0.39 is 18.0 Å². The topological polar surface area (TPSA) is 86.6 Å². The first-order valence-corrected chi connectivity index (χ1v) is 6.84. The lowest BCUT2D eigenvalue weighted by molar-refractivity contribution is -0.137. The summed E-state index contributed by atoms with van der Waals surface area (Å²) in [7, 11) is 0. The molecule has 3 N–H and O–H groups in total.